The summed E-state index contributed by atoms with van der Waals surface area (Å²) in [6, 6.07) is 16.7. The zero-order valence-corrected chi connectivity index (χ0v) is 46.1. The monoisotopic (exact) mass is 1350 g/mol. The maximum Gasteiger partial charge on any atom is 2.00 e. The van der Waals surface area contributed by atoms with Gasteiger partial charge in [0.15, 0.2) is 49.6 Å². The van der Waals surface area contributed by atoms with Crippen LogP contribution in [0.4, 0.5) is 0 Å². The minimum absolute atomic E-state index is 0. The molecular weight excluding hydrogens is 1330 g/mol. The van der Waals surface area contributed by atoms with Crippen molar-refractivity contribution in [1.82, 2.24) is 19.9 Å². The summed E-state index contributed by atoms with van der Waals surface area (Å²) in [5, 5.41) is 0. The second-order valence-corrected chi connectivity index (χ2v) is 20.6. The second kappa shape index (κ2) is 17.9. The molecule has 0 fully saturated rings. The van der Waals surface area contributed by atoms with E-state index in [9.17, 15) is 0 Å². The van der Waals surface area contributed by atoms with E-state index >= 15 is 0 Å². The van der Waals surface area contributed by atoms with Gasteiger partial charge in [0.1, 0.15) is 28.2 Å². The van der Waals surface area contributed by atoms with Crippen LogP contribution >= 0.6 is 127 Å². The summed E-state index contributed by atoms with van der Waals surface area (Å²) in [6.45, 7) is 0. The van der Waals surface area contributed by atoms with Gasteiger partial charge in [-0.1, -0.05) is 63.7 Å². The van der Waals surface area contributed by atoms with Crippen LogP contribution in [-0.4, -0.2) is 9.97 Å². The number of aromatic nitrogens is 8. The number of aryl methyl sites for hydroxylation is 4. The third-order valence-corrected chi connectivity index (χ3v) is 18.6. The molecule has 61 heavy (non-hydrogen) atoms. The van der Waals surface area contributed by atoms with E-state index < -0.39 is 0 Å². The normalized spacial score (nSPS) is 12.7. The van der Waals surface area contributed by atoms with E-state index in [1.54, 1.807) is 0 Å². The predicted octanol–water partition coefficient (Wildman–Crippen LogP) is 11.8. The Balaban J connectivity index is 0.00000514. The average Bonchev–Trinajstić information content (AvgIpc) is 3.89. The smallest absolute Gasteiger partial charge is 0.655 e. The number of hydrogen-bond acceptors (Lipinski definition) is 2. The van der Waals surface area contributed by atoms with Crippen LogP contribution in [0.3, 0.4) is 0 Å². The first-order valence-electron chi connectivity index (χ1n) is 18.1. The quantitative estimate of drug-likeness (QED) is 0.130. The van der Waals surface area contributed by atoms with Crippen molar-refractivity contribution in [3.05, 3.63) is 139 Å². The van der Waals surface area contributed by atoms with Crippen LogP contribution in [0, 0.1) is 0 Å². The van der Waals surface area contributed by atoms with Crippen LogP contribution in [0.25, 0.3) is 84.5 Å². The fraction of sp³-hybridized carbons (Fsp3) is 0.0909. The van der Waals surface area contributed by atoms with Gasteiger partial charge in [-0.25, -0.2) is 28.2 Å². The maximum absolute atomic E-state index is 5.54. The van der Waals surface area contributed by atoms with Crippen LogP contribution in [-0.2, 0) is 45.3 Å². The number of halogens is 8. The van der Waals surface area contributed by atoms with E-state index in [0.717, 1.165) is 80.3 Å². The van der Waals surface area contributed by atoms with E-state index in [4.69, 9.17) is 19.9 Å². The van der Waals surface area contributed by atoms with E-state index in [2.05, 4.69) is 176 Å². The molecule has 0 saturated carbocycles. The molecule has 8 nitrogen and oxygen atoms in total. The first kappa shape index (κ1) is 45.1. The van der Waals surface area contributed by atoms with Crippen LogP contribution in [0.15, 0.2) is 116 Å². The summed E-state index contributed by atoms with van der Waals surface area (Å²) in [5.74, 6) is 0. The molecule has 0 aliphatic carbocycles. The summed E-state index contributed by atoms with van der Waals surface area (Å²) in [5.41, 5.74) is 12.6. The van der Waals surface area contributed by atoms with E-state index in [-0.39, 0.29) is 17.1 Å². The van der Waals surface area contributed by atoms with Gasteiger partial charge in [-0.3, -0.25) is 0 Å². The van der Waals surface area contributed by atoms with E-state index in [1.165, 1.54) is 0 Å². The van der Waals surface area contributed by atoms with Gasteiger partial charge < -0.3 is 9.97 Å². The first-order chi connectivity index (χ1) is 28.7. The van der Waals surface area contributed by atoms with Crippen LogP contribution < -0.4 is 28.2 Å². The standard InChI is InChI=1S/C44H28Br8N8.Mn/c1-57-13-5-21(6-14-57)25-37-29(45)31(47)39(53-37)26(22-7-15-58(2)16-8-22)41-33(49)35(51)43(55-41)28(24-11-19-60(4)20-12-24)44-36(52)34(50)42(56-44)27(23-9-17-59(3)18-10-23)40-32(48)30(46)38(25)54-40;/h5-20H,1-4H3;/q2*+2. The molecule has 0 amide bonds. The van der Waals surface area contributed by atoms with Crippen molar-refractivity contribution >= 4 is 167 Å². The Bertz CT molecular complexity index is 2770. The van der Waals surface area contributed by atoms with Crippen molar-refractivity contribution in [2.24, 2.45) is 28.2 Å². The van der Waals surface area contributed by atoms with E-state index in [1.807, 2.05) is 96.0 Å². The molecule has 0 atom stereocenters. The molecule has 7 aromatic rings. The maximum atomic E-state index is 5.54. The van der Waals surface area contributed by atoms with Gasteiger partial charge in [0.05, 0.1) is 40.7 Å². The van der Waals surface area contributed by atoms with Gasteiger partial charge in [-0.2, -0.15) is 0 Å². The number of rotatable bonds is 4. The second-order valence-electron chi connectivity index (χ2n) is 14.3. The molecule has 0 saturated heterocycles. The Morgan fingerprint density at radius 3 is 0.705 bits per heavy atom. The predicted molar refractivity (Wildman–Crippen MR) is 266 cm³/mol. The van der Waals surface area contributed by atoms with Crippen LogP contribution in [0.2, 0.25) is 0 Å². The minimum atomic E-state index is 0. The SMILES string of the molecule is C[n+]1ccc(-c2c3nc(c(-c4cc[n+](C)cc4)c4[n-]c(c(Br)c4Br)c(-c4cc[n+](C)cc4)c4nc(c(-c5cc[n+](C)cc5)c5[n-]c2c(Br)c5Br)C(Br)=C4Br)C(Br)=C3Br)cc1.[Mn+2]. The molecule has 2 aliphatic rings. The van der Waals surface area contributed by atoms with Gasteiger partial charge >= 0.3 is 17.1 Å². The van der Waals surface area contributed by atoms with Gasteiger partial charge in [0.25, 0.3) is 0 Å². The summed E-state index contributed by atoms with van der Waals surface area (Å²) in [7, 11) is 8.01. The summed E-state index contributed by atoms with van der Waals surface area (Å²) >= 11 is 32.1. The molecule has 8 bridgehead atoms. The Labute approximate surface area is 429 Å². The molecule has 2 aliphatic heterocycles. The molecule has 0 unspecified atom stereocenters. The molecule has 7 aromatic heterocycles. The molecule has 9 rings (SSSR count). The van der Waals surface area contributed by atoms with Crippen molar-refractivity contribution in [2.45, 2.75) is 0 Å². The van der Waals surface area contributed by atoms with Crippen molar-refractivity contribution < 1.29 is 35.3 Å². The fourth-order valence-corrected chi connectivity index (χ4v) is 11.0. The molecule has 1 radical (unpaired) electrons. The van der Waals surface area contributed by atoms with E-state index in [0.29, 0.717) is 44.8 Å². The number of nitrogens with zero attached hydrogens (tertiary/aromatic N) is 8. The van der Waals surface area contributed by atoms with Gasteiger partial charge in [0, 0.05) is 66.4 Å². The molecular formula is C44H28Br8MnN8+4. The van der Waals surface area contributed by atoms with Crippen molar-refractivity contribution in [3.8, 4) is 44.5 Å². The van der Waals surface area contributed by atoms with Gasteiger partial charge in [-0.15, -0.1) is 22.1 Å². The minimum Gasteiger partial charge on any atom is -0.655 e. The zero-order chi connectivity index (χ0) is 42.3. The molecule has 0 spiro atoms. The fourth-order valence-electron chi connectivity index (χ4n) is 7.21. The Hall–Kier alpha value is -2.44. The Morgan fingerprint density at radius 1 is 0.344 bits per heavy atom. The number of hydrogen-bond donors (Lipinski definition) is 0. The van der Waals surface area contributed by atoms with Crippen molar-refractivity contribution in [2.75, 3.05) is 0 Å². The molecule has 9 heterocycles. The molecule has 303 valence electrons. The largest absolute Gasteiger partial charge is 2.00 e. The van der Waals surface area contributed by atoms with Gasteiger partial charge in [-0.05, 0) is 108 Å². The molecule has 17 heteroatoms. The third kappa shape index (κ3) is 7.94. The summed E-state index contributed by atoms with van der Waals surface area (Å²) in [4.78, 5) is 22.2. The summed E-state index contributed by atoms with van der Waals surface area (Å²) < 4.78 is 14.2. The molecule has 0 aromatic carbocycles. The zero-order valence-electron chi connectivity index (χ0n) is 32.2. The number of pyridine rings is 4. The van der Waals surface area contributed by atoms with Gasteiger partial charge in [0.2, 0.25) is 0 Å². The topological polar surface area (TPSA) is 69.5 Å². The number of fused-ring (bicyclic) bond motifs is 8. The Morgan fingerprint density at radius 2 is 0.525 bits per heavy atom. The van der Waals surface area contributed by atoms with Crippen molar-refractivity contribution in [3.63, 3.8) is 0 Å². The molecule has 0 N–H and O–H groups in total. The average molecular weight is 1360 g/mol. The third-order valence-electron chi connectivity index (χ3n) is 10.3. The van der Waals surface area contributed by atoms with Crippen LogP contribution in [0.5, 0.6) is 0 Å². The van der Waals surface area contributed by atoms with Crippen LogP contribution in [0.1, 0.15) is 22.8 Å². The summed E-state index contributed by atoms with van der Waals surface area (Å²) in [6.07, 6.45) is 16.2. The first-order valence-corrected chi connectivity index (χ1v) is 24.5. The van der Waals surface area contributed by atoms with Crippen molar-refractivity contribution in [1.29, 1.82) is 0 Å². The Kier molecular flexibility index (Phi) is 13.2.